The quantitative estimate of drug-likeness (QED) is 0.754. The summed E-state index contributed by atoms with van der Waals surface area (Å²) in [5, 5.41) is 9.61. The average molecular weight is 233 g/mol. The lowest BCUT2D eigenvalue weighted by atomic mass is 10.2. The molecule has 1 atom stereocenters. The van der Waals surface area contributed by atoms with Gasteiger partial charge in [0.1, 0.15) is 5.76 Å². The molecule has 0 aromatic rings. The second-order valence-electron chi connectivity index (χ2n) is 3.08. The smallest absolute Gasteiger partial charge is 0.238 e. The first kappa shape index (κ1) is 9.81. The van der Waals surface area contributed by atoms with Crippen molar-refractivity contribution in [2.24, 2.45) is 0 Å². The van der Waals surface area contributed by atoms with E-state index in [0.717, 1.165) is 17.8 Å². The van der Waals surface area contributed by atoms with Crippen LogP contribution in [0.3, 0.4) is 0 Å². The molecule has 0 aromatic carbocycles. The van der Waals surface area contributed by atoms with Gasteiger partial charge in [0.15, 0.2) is 0 Å². The summed E-state index contributed by atoms with van der Waals surface area (Å²) in [6.07, 6.45) is 2.75. The molecule has 2 nitrogen and oxygen atoms in total. The Morgan fingerprint density at radius 1 is 1.75 bits per heavy atom. The molecule has 0 radical (unpaired) electrons. The van der Waals surface area contributed by atoms with Crippen molar-refractivity contribution in [3.63, 3.8) is 0 Å². The maximum Gasteiger partial charge on any atom is 0.238 e. The van der Waals surface area contributed by atoms with Crippen molar-refractivity contribution in [1.82, 2.24) is 0 Å². The van der Waals surface area contributed by atoms with Crippen molar-refractivity contribution in [1.29, 1.82) is 0 Å². The first-order chi connectivity index (χ1) is 5.47. The molecule has 1 heterocycles. The predicted molar refractivity (Wildman–Crippen MR) is 51.7 cm³/mol. The highest BCUT2D eigenvalue weighted by atomic mass is 79.9. The molecule has 68 valence electrons. The molecule has 0 amide bonds. The van der Waals surface area contributed by atoms with Gasteiger partial charge in [0.25, 0.3) is 0 Å². The largest absolute Gasteiger partial charge is 0.458 e. The van der Waals surface area contributed by atoms with Gasteiger partial charge in [-0.05, 0) is 40.9 Å². The number of hydrogen-bond donors (Lipinski definition) is 1. The van der Waals surface area contributed by atoms with Crippen molar-refractivity contribution < 1.29 is 9.84 Å². The van der Waals surface area contributed by atoms with Gasteiger partial charge in [-0.25, -0.2) is 0 Å². The van der Waals surface area contributed by atoms with E-state index in [1.54, 1.807) is 6.92 Å². The Kier molecular flexibility index (Phi) is 2.64. The number of aliphatic hydroxyl groups is 1. The van der Waals surface area contributed by atoms with E-state index in [0.29, 0.717) is 4.48 Å². The monoisotopic (exact) mass is 232 g/mol. The van der Waals surface area contributed by atoms with Crippen LogP contribution in [-0.4, -0.2) is 10.9 Å². The first-order valence-corrected chi connectivity index (χ1v) is 4.75. The number of allylic oxidation sites excluding steroid dienone is 2. The molecular formula is C9H13BrO2. The third-order valence-electron chi connectivity index (χ3n) is 1.96. The van der Waals surface area contributed by atoms with E-state index in [1.807, 2.05) is 13.0 Å². The summed E-state index contributed by atoms with van der Waals surface area (Å²) in [6, 6.07) is 0. The van der Waals surface area contributed by atoms with Gasteiger partial charge in [0, 0.05) is 6.92 Å². The van der Waals surface area contributed by atoms with Crippen molar-refractivity contribution in [2.45, 2.75) is 33.0 Å². The van der Waals surface area contributed by atoms with Crippen LogP contribution in [0.25, 0.3) is 0 Å². The SMILES string of the molecule is CC/C(C)=C1\C=C(Br)C(C)(O)O1. The van der Waals surface area contributed by atoms with Gasteiger partial charge in [-0.15, -0.1) is 0 Å². The van der Waals surface area contributed by atoms with Crippen LogP contribution in [-0.2, 0) is 4.74 Å². The van der Waals surface area contributed by atoms with E-state index in [-0.39, 0.29) is 0 Å². The Labute approximate surface area is 81.0 Å². The fourth-order valence-corrected chi connectivity index (χ4v) is 1.21. The predicted octanol–water partition coefficient (Wildman–Crippen LogP) is 2.69. The summed E-state index contributed by atoms with van der Waals surface area (Å²) in [7, 11) is 0. The van der Waals surface area contributed by atoms with E-state index >= 15 is 0 Å². The zero-order valence-electron chi connectivity index (χ0n) is 7.52. The summed E-state index contributed by atoms with van der Waals surface area (Å²) >= 11 is 3.25. The fraction of sp³-hybridized carbons (Fsp3) is 0.556. The molecule has 0 saturated carbocycles. The van der Waals surface area contributed by atoms with E-state index in [9.17, 15) is 5.11 Å². The Morgan fingerprint density at radius 2 is 2.33 bits per heavy atom. The molecule has 12 heavy (non-hydrogen) atoms. The first-order valence-electron chi connectivity index (χ1n) is 3.96. The second kappa shape index (κ2) is 3.23. The Hall–Kier alpha value is -0.280. The maximum absolute atomic E-state index is 9.61. The van der Waals surface area contributed by atoms with Gasteiger partial charge in [-0.3, -0.25) is 0 Å². The van der Waals surface area contributed by atoms with Crippen LogP contribution in [0.4, 0.5) is 0 Å². The lowest BCUT2D eigenvalue weighted by Gasteiger charge is -2.18. The van der Waals surface area contributed by atoms with E-state index < -0.39 is 5.79 Å². The van der Waals surface area contributed by atoms with E-state index in [2.05, 4.69) is 22.9 Å². The number of hydrogen-bond acceptors (Lipinski definition) is 2. The van der Waals surface area contributed by atoms with E-state index in [1.165, 1.54) is 0 Å². The van der Waals surface area contributed by atoms with Gasteiger partial charge in [-0.2, -0.15) is 0 Å². The molecule has 0 saturated heterocycles. The lowest BCUT2D eigenvalue weighted by molar-refractivity contribution is -0.111. The Balaban J connectivity index is 2.94. The average Bonchev–Trinajstić information content (AvgIpc) is 2.25. The molecule has 3 heteroatoms. The summed E-state index contributed by atoms with van der Waals surface area (Å²) in [4.78, 5) is 0. The topological polar surface area (TPSA) is 29.5 Å². The molecule has 1 aliphatic rings. The van der Waals surface area contributed by atoms with Gasteiger partial charge in [0.2, 0.25) is 5.79 Å². The minimum absolute atomic E-state index is 0.679. The summed E-state index contributed by atoms with van der Waals surface area (Å²) in [5.74, 6) is -0.402. The van der Waals surface area contributed by atoms with Crippen LogP contribution >= 0.6 is 15.9 Å². The molecule has 0 fully saturated rings. The summed E-state index contributed by atoms with van der Waals surface area (Å²) in [5.41, 5.74) is 1.14. The number of halogens is 1. The summed E-state index contributed by atoms with van der Waals surface area (Å²) in [6.45, 7) is 5.66. The molecule has 1 unspecified atom stereocenters. The zero-order chi connectivity index (χ0) is 9.35. The van der Waals surface area contributed by atoms with Crippen molar-refractivity contribution >= 4 is 15.9 Å². The third-order valence-corrected chi connectivity index (χ3v) is 2.93. The number of ether oxygens (including phenoxy) is 1. The number of rotatable bonds is 1. The Morgan fingerprint density at radius 3 is 2.67 bits per heavy atom. The summed E-state index contributed by atoms with van der Waals surface area (Å²) < 4.78 is 5.99. The van der Waals surface area contributed by atoms with Crippen LogP contribution < -0.4 is 0 Å². The van der Waals surface area contributed by atoms with Gasteiger partial charge < -0.3 is 9.84 Å². The van der Waals surface area contributed by atoms with Crippen molar-refractivity contribution in [3.05, 3.63) is 21.9 Å². The molecule has 1 N–H and O–H groups in total. The minimum atomic E-state index is -1.17. The van der Waals surface area contributed by atoms with Crippen LogP contribution in [0, 0.1) is 0 Å². The Bertz CT molecular complexity index is 251. The standard InChI is InChI=1S/C9H13BrO2/c1-4-6(2)7-5-8(10)9(3,11)12-7/h5,11H,4H2,1-3H3/b7-6+. The molecule has 1 rings (SSSR count). The second-order valence-corrected chi connectivity index (χ2v) is 3.93. The maximum atomic E-state index is 9.61. The fourth-order valence-electron chi connectivity index (χ4n) is 0.926. The van der Waals surface area contributed by atoms with E-state index in [4.69, 9.17) is 4.74 Å². The van der Waals surface area contributed by atoms with Crippen LogP contribution in [0.1, 0.15) is 27.2 Å². The van der Waals surface area contributed by atoms with Gasteiger partial charge >= 0.3 is 0 Å². The molecule has 0 aromatic heterocycles. The normalized spacial score (nSPS) is 32.9. The highest BCUT2D eigenvalue weighted by molar-refractivity contribution is 9.11. The van der Waals surface area contributed by atoms with Crippen LogP contribution in [0.5, 0.6) is 0 Å². The van der Waals surface area contributed by atoms with Crippen molar-refractivity contribution in [2.75, 3.05) is 0 Å². The zero-order valence-corrected chi connectivity index (χ0v) is 9.10. The van der Waals surface area contributed by atoms with Gasteiger partial charge in [0.05, 0.1) is 4.48 Å². The van der Waals surface area contributed by atoms with Crippen LogP contribution in [0.15, 0.2) is 21.9 Å². The molecular weight excluding hydrogens is 220 g/mol. The molecule has 0 bridgehead atoms. The minimum Gasteiger partial charge on any atom is -0.458 e. The highest BCUT2D eigenvalue weighted by Gasteiger charge is 2.33. The van der Waals surface area contributed by atoms with Gasteiger partial charge in [-0.1, -0.05) is 6.92 Å². The molecule has 1 aliphatic heterocycles. The molecule has 0 spiro atoms. The molecule has 0 aliphatic carbocycles. The third kappa shape index (κ3) is 1.72. The highest BCUT2D eigenvalue weighted by Crippen LogP contribution is 2.35. The van der Waals surface area contributed by atoms with Crippen LogP contribution in [0.2, 0.25) is 0 Å². The lowest BCUT2D eigenvalue weighted by Crippen LogP contribution is -2.23. The van der Waals surface area contributed by atoms with Crippen molar-refractivity contribution in [3.8, 4) is 0 Å².